The third kappa shape index (κ3) is 1.78. The molecular formula is C13H12ClNO4. The molecule has 1 aliphatic heterocycles. The van der Waals surface area contributed by atoms with Crippen LogP contribution in [-0.2, 0) is 10.3 Å². The Labute approximate surface area is 114 Å². The summed E-state index contributed by atoms with van der Waals surface area (Å²) in [6.07, 6.45) is 4.87. The molecule has 6 heteroatoms. The van der Waals surface area contributed by atoms with Gasteiger partial charge in [-0.1, -0.05) is 24.4 Å². The van der Waals surface area contributed by atoms with Crippen molar-refractivity contribution in [3.05, 3.63) is 16.7 Å². The summed E-state index contributed by atoms with van der Waals surface area (Å²) < 4.78 is 10.5. The van der Waals surface area contributed by atoms with E-state index in [1.807, 2.05) is 0 Å². The van der Waals surface area contributed by atoms with E-state index < -0.39 is 5.54 Å². The topological polar surface area (TPSA) is 68.1 Å². The first kappa shape index (κ1) is 12.3. The zero-order valence-electron chi connectivity index (χ0n) is 10.1. The maximum Gasteiger partial charge on any atom is 0.235 e. The van der Waals surface area contributed by atoms with Gasteiger partial charge in [-0.05, 0) is 18.9 Å². The summed E-state index contributed by atoms with van der Waals surface area (Å²) in [5, 5.41) is 10.4. The van der Waals surface area contributed by atoms with E-state index in [4.69, 9.17) is 21.1 Å². The molecule has 1 aliphatic carbocycles. The Hall–Kier alpha value is -1.71. The Kier molecular flexibility index (Phi) is 2.88. The minimum atomic E-state index is -0.740. The molecule has 0 atom stereocenters. The van der Waals surface area contributed by atoms with Crippen LogP contribution in [0, 0.1) is 0 Å². The van der Waals surface area contributed by atoms with Crippen LogP contribution in [0.4, 0.5) is 0 Å². The highest BCUT2D eigenvalue weighted by molar-refractivity contribution is 6.34. The van der Waals surface area contributed by atoms with Gasteiger partial charge in [0.25, 0.3) is 0 Å². The van der Waals surface area contributed by atoms with Gasteiger partial charge in [0, 0.05) is 5.56 Å². The number of ether oxygens (including phenoxy) is 2. The van der Waals surface area contributed by atoms with Crippen LogP contribution in [0.2, 0.25) is 5.02 Å². The molecule has 0 unspecified atom stereocenters. The standard InChI is InChI=1S/C13H12ClNO4/c14-10-11(17)8(5-9-12(10)19-7-18-9)13(15-6-16)3-1-2-4-13/h5,17H,1-4,7H2. The number of hydrogen-bond acceptors (Lipinski definition) is 5. The number of aromatic hydroxyl groups is 1. The molecule has 1 N–H and O–H groups in total. The van der Waals surface area contributed by atoms with Crippen molar-refractivity contribution in [2.24, 2.45) is 4.99 Å². The number of halogens is 1. The van der Waals surface area contributed by atoms with Crippen LogP contribution in [0.1, 0.15) is 31.2 Å². The lowest BCUT2D eigenvalue weighted by molar-refractivity contribution is 0.174. The molecule has 1 aromatic carbocycles. The van der Waals surface area contributed by atoms with Gasteiger partial charge in [-0.2, -0.15) is 4.99 Å². The largest absolute Gasteiger partial charge is 0.506 e. The summed E-state index contributed by atoms with van der Waals surface area (Å²) in [4.78, 5) is 14.6. The molecule has 0 saturated heterocycles. The van der Waals surface area contributed by atoms with E-state index >= 15 is 0 Å². The van der Waals surface area contributed by atoms with Crippen molar-refractivity contribution in [2.45, 2.75) is 31.2 Å². The van der Waals surface area contributed by atoms with Gasteiger partial charge < -0.3 is 14.6 Å². The number of carbonyl (C=O) groups excluding carboxylic acids is 1. The fraction of sp³-hybridized carbons (Fsp3) is 0.462. The van der Waals surface area contributed by atoms with Gasteiger partial charge in [0.05, 0.1) is 0 Å². The summed E-state index contributed by atoms with van der Waals surface area (Å²) in [6.45, 7) is 0.0713. The summed E-state index contributed by atoms with van der Waals surface area (Å²) in [7, 11) is 0. The quantitative estimate of drug-likeness (QED) is 0.668. The first-order valence-corrected chi connectivity index (χ1v) is 6.46. The summed E-state index contributed by atoms with van der Waals surface area (Å²) in [5.41, 5.74) is -0.223. The van der Waals surface area contributed by atoms with Crippen LogP contribution in [0.3, 0.4) is 0 Å². The van der Waals surface area contributed by atoms with Gasteiger partial charge in [0.1, 0.15) is 16.3 Å². The molecule has 1 aromatic rings. The third-order valence-electron chi connectivity index (χ3n) is 3.77. The Morgan fingerprint density at radius 2 is 2.11 bits per heavy atom. The molecule has 2 aliphatic rings. The molecule has 0 spiro atoms. The first-order valence-electron chi connectivity index (χ1n) is 6.08. The fourth-order valence-corrected chi connectivity index (χ4v) is 3.09. The second-order valence-electron chi connectivity index (χ2n) is 4.76. The number of nitrogens with zero attached hydrogens (tertiary/aromatic N) is 1. The maximum atomic E-state index is 10.7. The van der Waals surface area contributed by atoms with Crippen molar-refractivity contribution in [3.8, 4) is 17.2 Å². The van der Waals surface area contributed by atoms with Crippen LogP contribution in [0.5, 0.6) is 17.2 Å². The van der Waals surface area contributed by atoms with Crippen molar-refractivity contribution >= 4 is 17.7 Å². The van der Waals surface area contributed by atoms with E-state index in [1.54, 1.807) is 12.1 Å². The van der Waals surface area contributed by atoms with Crippen molar-refractivity contribution in [2.75, 3.05) is 6.79 Å². The molecule has 19 heavy (non-hydrogen) atoms. The van der Waals surface area contributed by atoms with Gasteiger partial charge in [-0.25, -0.2) is 4.79 Å². The zero-order chi connectivity index (χ0) is 13.5. The highest BCUT2D eigenvalue weighted by Gasteiger charge is 2.40. The smallest absolute Gasteiger partial charge is 0.235 e. The number of phenolic OH excluding ortho intramolecular Hbond substituents is 1. The van der Waals surface area contributed by atoms with E-state index in [2.05, 4.69) is 4.99 Å². The second kappa shape index (κ2) is 4.44. The van der Waals surface area contributed by atoms with Crippen LogP contribution >= 0.6 is 11.6 Å². The van der Waals surface area contributed by atoms with E-state index in [9.17, 15) is 9.90 Å². The molecule has 1 heterocycles. The molecule has 0 radical (unpaired) electrons. The number of rotatable bonds is 2. The van der Waals surface area contributed by atoms with Crippen LogP contribution in [0.25, 0.3) is 0 Å². The molecule has 1 fully saturated rings. The number of phenols is 1. The van der Waals surface area contributed by atoms with Gasteiger partial charge in [0.15, 0.2) is 11.5 Å². The second-order valence-corrected chi connectivity index (χ2v) is 5.14. The minimum absolute atomic E-state index is 0.0713. The molecule has 5 nitrogen and oxygen atoms in total. The van der Waals surface area contributed by atoms with Crippen molar-refractivity contribution < 1.29 is 19.4 Å². The molecule has 1 saturated carbocycles. The maximum absolute atomic E-state index is 10.7. The summed E-state index contributed by atoms with van der Waals surface area (Å²) in [5.74, 6) is 0.725. The van der Waals surface area contributed by atoms with Crippen LogP contribution < -0.4 is 9.47 Å². The molecule has 3 rings (SSSR count). The lowest BCUT2D eigenvalue weighted by Crippen LogP contribution is -2.19. The predicted octanol–water partition coefficient (Wildman–Crippen LogP) is 2.88. The third-order valence-corrected chi connectivity index (χ3v) is 4.12. The van der Waals surface area contributed by atoms with Crippen molar-refractivity contribution in [1.82, 2.24) is 0 Å². The molecule has 0 bridgehead atoms. The van der Waals surface area contributed by atoms with Gasteiger partial charge >= 0.3 is 0 Å². The lowest BCUT2D eigenvalue weighted by Gasteiger charge is -2.24. The Morgan fingerprint density at radius 1 is 1.37 bits per heavy atom. The summed E-state index contributed by atoms with van der Waals surface area (Å²) >= 11 is 6.09. The zero-order valence-corrected chi connectivity index (χ0v) is 10.9. The number of benzene rings is 1. The highest BCUT2D eigenvalue weighted by Crippen LogP contribution is 2.53. The number of hydrogen-bond donors (Lipinski definition) is 1. The van der Waals surface area contributed by atoms with E-state index in [-0.39, 0.29) is 17.6 Å². The monoisotopic (exact) mass is 281 g/mol. The molecular weight excluding hydrogens is 270 g/mol. The molecule has 0 aromatic heterocycles. The van der Waals surface area contributed by atoms with Gasteiger partial charge in [0.2, 0.25) is 12.9 Å². The van der Waals surface area contributed by atoms with Crippen LogP contribution in [0.15, 0.2) is 11.1 Å². The predicted molar refractivity (Wildman–Crippen MR) is 67.5 cm³/mol. The van der Waals surface area contributed by atoms with E-state index in [1.165, 1.54) is 0 Å². The normalized spacial score (nSPS) is 19.2. The average molecular weight is 282 g/mol. The van der Waals surface area contributed by atoms with E-state index in [0.717, 1.165) is 12.8 Å². The average Bonchev–Trinajstić information content (AvgIpc) is 3.03. The van der Waals surface area contributed by atoms with Crippen molar-refractivity contribution in [3.63, 3.8) is 0 Å². The SMILES string of the molecule is O=C=NC1(c2cc3c(c(Cl)c2O)OCO3)CCCC1. The van der Waals surface area contributed by atoms with Gasteiger partial charge in [-0.15, -0.1) is 0 Å². The Morgan fingerprint density at radius 3 is 2.79 bits per heavy atom. The minimum Gasteiger partial charge on any atom is -0.506 e. The fourth-order valence-electron chi connectivity index (χ4n) is 2.84. The van der Waals surface area contributed by atoms with E-state index in [0.29, 0.717) is 29.9 Å². The van der Waals surface area contributed by atoms with Crippen LogP contribution in [-0.4, -0.2) is 18.0 Å². The number of fused-ring (bicyclic) bond motifs is 1. The highest BCUT2D eigenvalue weighted by atomic mass is 35.5. The first-order chi connectivity index (χ1) is 9.18. The molecule has 100 valence electrons. The van der Waals surface area contributed by atoms with Crippen molar-refractivity contribution in [1.29, 1.82) is 0 Å². The molecule has 0 amide bonds. The Balaban J connectivity index is 2.19. The van der Waals surface area contributed by atoms with Gasteiger partial charge in [-0.3, -0.25) is 0 Å². The lowest BCUT2D eigenvalue weighted by atomic mass is 9.88. The summed E-state index contributed by atoms with van der Waals surface area (Å²) in [6, 6.07) is 1.66. The number of isocyanates is 1. The Bertz CT molecular complexity index is 574. The number of aliphatic imine (C=N–C) groups is 1.